The van der Waals surface area contributed by atoms with E-state index in [-0.39, 0.29) is 17.6 Å². The summed E-state index contributed by atoms with van der Waals surface area (Å²) in [4.78, 5) is 26.0. The second kappa shape index (κ2) is 9.25. The Labute approximate surface area is 200 Å². The number of furan rings is 1. The van der Waals surface area contributed by atoms with Gasteiger partial charge in [-0.3, -0.25) is 9.59 Å². The van der Waals surface area contributed by atoms with E-state index in [0.29, 0.717) is 16.3 Å². The van der Waals surface area contributed by atoms with Crippen LogP contribution in [0.1, 0.15) is 25.8 Å². The van der Waals surface area contributed by atoms with E-state index in [1.807, 2.05) is 34.5 Å². The lowest BCUT2D eigenvalue weighted by atomic mass is 10.0. The van der Waals surface area contributed by atoms with Crippen molar-refractivity contribution in [1.82, 2.24) is 4.57 Å². The number of aryl methyl sites for hydroxylation is 1. The van der Waals surface area contributed by atoms with E-state index in [1.165, 1.54) is 23.2 Å². The zero-order valence-corrected chi connectivity index (χ0v) is 19.1. The van der Waals surface area contributed by atoms with Crippen LogP contribution in [0.15, 0.2) is 101 Å². The van der Waals surface area contributed by atoms with Gasteiger partial charge < -0.3 is 19.6 Å². The third kappa shape index (κ3) is 4.42. The average Bonchev–Trinajstić information content (AvgIpc) is 3.62. The van der Waals surface area contributed by atoms with Crippen molar-refractivity contribution in [2.45, 2.75) is 6.92 Å². The van der Waals surface area contributed by atoms with Crippen molar-refractivity contribution < 1.29 is 14.0 Å². The van der Waals surface area contributed by atoms with E-state index in [2.05, 4.69) is 41.8 Å². The van der Waals surface area contributed by atoms with Gasteiger partial charge in [-0.15, -0.1) is 11.3 Å². The molecule has 5 rings (SSSR count). The Bertz CT molecular complexity index is 1420. The summed E-state index contributed by atoms with van der Waals surface area (Å²) in [5.41, 5.74) is 5.32. The van der Waals surface area contributed by atoms with Crippen molar-refractivity contribution in [2.75, 3.05) is 10.6 Å². The molecule has 0 fully saturated rings. The van der Waals surface area contributed by atoms with Gasteiger partial charge in [-0.05, 0) is 61.0 Å². The van der Waals surface area contributed by atoms with Crippen molar-refractivity contribution in [1.29, 1.82) is 0 Å². The Morgan fingerprint density at radius 3 is 2.09 bits per heavy atom. The van der Waals surface area contributed by atoms with Gasteiger partial charge in [-0.1, -0.05) is 29.8 Å². The highest BCUT2D eigenvalue weighted by Gasteiger charge is 2.20. The number of nitrogens with zero attached hydrogens (tertiary/aromatic N) is 1. The molecule has 0 aliphatic heterocycles. The van der Waals surface area contributed by atoms with Crippen molar-refractivity contribution in [3.8, 4) is 16.8 Å². The Balaban J connectivity index is 1.37. The highest BCUT2D eigenvalue weighted by molar-refractivity contribution is 7.13. The topological polar surface area (TPSA) is 76.3 Å². The van der Waals surface area contributed by atoms with Crippen LogP contribution in [0.4, 0.5) is 11.4 Å². The van der Waals surface area contributed by atoms with Gasteiger partial charge in [0.25, 0.3) is 11.8 Å². The molecule has 3 heterocycles. The van der Waals surface area contributed by atoms with Gasteiger partial charge in [-0.25, -0.2) is 0 Å². The first-order valence-corrected chi connectivity index (χ1v) is 11.5. The lowest BCUT2D eigenvalue weighted by Gasteiger charge is -2.11. The molecular formula is C27H21N3O3S. The summed E-state index contributed by atoms with van der Waals surface area (Å²) >= 11 is 1.41. The third-order valence-corrected chi connectivity index (χ3v) is 6.31. The monoisotopic (exact) mass is 467 g/mol. The Hall–Kier alpha value is -4.36. The number of thiophene rings is 1. The summed E-state index contributed by atoms with van der Waals surface area (Å²) in [5, 5.41) is 7.75. The van der Waals surface area contributed by atoms with Crippen LogP contribution in [-0.2, 0) is 0 Å². The molecule has 5 aromatic rings. The fourth-order valence-electron chi connectivity index (χ4n) is 3.62. The molecule has 0 aliphatic rings. The van der Waals surface area contributed by atoms with Crippen molar-refractivity contribution in [3.05, 3.63) is 113 Å². The molecule has 0 unspecified atom stereocenters. The first kappa shape index (κ1) is 21.5. The summed E-state index contributed by atoms with van der Waals surface area (Å²) in [7, 11) is 0. The van der Waals surface area contributed by atoms with E-state index in [4.69, 9.17) is 4.42 Å². The lowest BCUT2D eigenvalue weighted by molar-refractivity contribution is 0.0994. The van der Waals surface area contributed by atoms with Crippen molar-refractivity contribution >= 4 is 34.5 Å². The SMILES string of the molecule is Cc1ccc(-c2csc(C(=O)Nc3ccc(NC(=O)c4ccco4)cc3)c2-n2cccc2)cc1. The van der Waals surface area contributed by atoms with Crippen LogP contribution in [0, 0.1) is 6.92 Å². The maximum Gasteiger partial charge on any atom is 0.291 e. The zero-order valence-electron chi connectivity index (χ0n) is 18.3. The fraction of sp³-hybridized carbons (Fsp3) is 0.0370. The first-order valence-electron chi connectivity index (χ1n) is 10.7. The molecule has 0 spiro atoms. The number of carbonyl (C=O) groups excluding carboxylic acids is 2. The number of nitrogens with one attached hydrogen (secondary N) is 2. The van der Waals surface area contributed by atoms with E-state index in [1.54, 1.807) is 36.4 Å². The molecule has 0 saturated heterocycles. The molecule has 7 heteroatoms. The van der Waals surface area contributed by atoms with Crippen LogP contribution < -0.4 is 10.6 Å². The van der Waals surface area contributed by atoms with Crippen molar-refractivity contribution in [3.63, 3.8) is 0 Å². The summed E-state index contributed by atoms with van der Waals surface area (Å²) in [6.45, 7) is 2.05. The predicted molar refractivity (Wildman–Crippen MR) is 135 cm³/mol. The summed E-state index contributed by atoms with van der Waals surface area (Å²) < 4.78 is 7.07. The van der Waals surface area contributed by atoms with E-state index >= 15 is 0 Å². The lowest BCUT2D eigenvalue weighted by Crippen LogP contribution is -2.13. The number of benzene rings is 2. The molecular weight excluding hydrogens is 446 g/mol. The van der Waals surface area contributed by atoms with Crippen LogP contribution >= 0.6 is 11.3 Å². The summed E-state index contributed by atoms with van der Waals surface area (Å²) in [5.74, 6) is -0.295. The number of hydrogen-bond donors (Lipinski definition) is 2. The van der Waals surface area contributed by atoms with Gasteiger partial charge in [0.1, 0.15) is 4.88 Å². The molecule has 2 aromatic carbocycles. The first-order chi connectivity index (χ1) is 16.6. The molecule has 0 radical (unpaired) electrons. The van der Waals surface area contributed by atoms with Crippen LogP contribution in [-0.4, -0.2) is 16.4 Å². The standard InChI is InChI=1S/C27H21N3O3S/c1-18-6-8-19(9-7-18)22-17-34-25(24(22)30-14-2-3-15-30)27(32)29-21-12-10-20(11-13-21)28-26(31)23-5-4-16-33-23/h2-17H,1H3,(H,28,31)(H,29,32). The third-order valence-electron chi connectivity index (χ3n) is 5.34. The van der Waals surface area contributed by atoms with Gasteiger partial charge in [0, 0.05) is 34.7 Å². The van der Waals surface area contributed by atoms with E-state index < -0.39 is 0 Å². The van der Waals surface area contributed by atoms with E-state index in [9.17, 15) is 9.59 Å². The van der Waals surface area contributed by atoms with E-state index in [0.717, 1.165) is 16.8 Å². The molecule has 0 atom stereocenters. The van der Waals surface area contributed by atoms with Crippen molar-refractivity contribution in [2.24, 2.45) is 0 Å². The molecule has 2 N–H and O–H groups in total. The Morgan fingerprint density at radius 2 is 1.47 bits per heavy atom. The van der Waals surface area contributed by atoms with Gasteiger partial charge in [0.15, 0.2) is 5.76 Å². The Kier molecular flexibility index (Phi) is 5.84. The maximum atomic E-state index is 13.3. The highest BCUT2D eigenvalue weighted by Crippen LogP contribution is 2.35. The smallest absolute Gasteiger partial charge is 0.291 e. The molecule has 0 saturated carbocycles. The number of anilines is 2. The van der Waals surface area contributed by atoms with Gasteiger partial charge in [0.2, 0.25) is 0 Å². The molecule has 6 nitrogen and oxygen atoms in total. The largest absolute Gasteiger partial charge is 0.459 e. The number of amides is 2. The fourth-order valence-corrected chi connectivity index (χ4v) is 4.58. The van der Waals surface area contributed by atoms with Gasteiger partial charge in [-0.2, -0.15) is 0 Å². The quantitative estimate of drug-likeness (QED) is 0.295. The average molecular weight is 468 g/mol. The number of aromatic nitrogens is 1. The molecule has 34 heavy (non-hydrogen) atoms. The number of carbonyl (C=O) groups is 2. The molecule has 2 amide bonds. The molecule has 0 bridgehead atoms. The minimum atomic E-state index is -0.333. The molecule has 168 valence electrons. The summed E-state index contributed by atoms with van der Waals surface area (Å²) in [6.07, 6.45) is 5.32. The minimum absolute atomic E-state index is 0.195. The van der Waals surface area contributed by atoms with Crippen LogP contribution in [0.25, 0.3) is 16.8 Å². The minimum Gasteiger partial charge on any atom is -0.459 e. The summed E-state index contributed by atoms with van der Waals surface area (Å²) in [6, 6.07) is 22.4. The number of hydrogen-bond acceptors (Lipinski definition) is 4. The maximum absolute atomic E-state index is 13.3. The van der Waals surface area contributed by atoms with Crippen LogP contribution in [0.3, 0.4) is 0 Å². The second-order valence-corrected chi connectivity index (χ2v) is 8.63. The molecule has 3 aromatic heterocycles. The predicted octanol–water partition coefficient (Wildman–Crippen LogP) is 6.61. The highest BCUT2D eigenvalue weighted by atomic mass is 32.1. The van der Waals surface area contributed by atoms with Crippen LogP contribution in [0.5, 0.6) is 0 Å². The molecule has 0 aliphatic carbocycles. The van der Waals surface area contributed by atoms with Crippen LogP contribution in [0.2, 0.25) is 0 Å². The van der Waals surface area contributed by atoms with Gasteiger partial charge >= 0.3 is 0 Å². The second-order valence-electron chi connectivity index (χ2n) is 7.75. The number of rotatable bonds is 6. The van der Waals surface area contributed by atoms with Gasteiger partial charge in [0.05, 0.1) is 12.0 Å². The normalized spacial score (nSPS) is 10.7. The Morgan fingerprint density at radius 1 is 0.824 bits per heavy atom. The zero-order chi connectivity index (χ0) is 23.5.